The van der Waals surface area contributed by atoms with Crippen LogP contribution in [-0.2, 0) is 20.7 Å². The van der Waals surface area contributed by atoms with Crippen LogP contribution >= 0.6 is 0 Å². The van der Waals surface area contributed by atoms with E-state index < -0.39 is 0 Å². The summed E-state index contributed by atoms with van der Waals surface area (Å²) in [6, 6.07) is 7.47. The summed E-state index contributed by atoms with van der Waals surface area (Å²) in [5.74, 6) is -0.232. The molecule has 0 radical (unpaired) electrons. The van der Waals surface area contributed by atoms with Crippen LogP contribution in [0.15, 0.2) is 30.6 Å². The lowest BCUT2D eigenvalue weighted by molar-refractivity contribution is -0.148. The van der Waals surface area contributed by atoms with Gasteiger partial charge in [-0.3, -0.25) is 4.79 Å². The van der Waals surface area contributed by atoms with Gasteiger partial charge in [-0.25, -0.2) is 4.68 Å². The van der Waals surface area contributed by atoms with Crippen molar-refractivity contribution in [3.05, 3.63) is 36.2 Å². The van der Waals surface area contributed by atoms with Gasteiger partial charge in [0.1, 0.15) is 12.9 Å². The van der Waals surface area contributed by atoms with Crippen molar-refractivity contribution in [2.75, 3.05) is 13.2 Å². The first kappa shape index (κ1) is 14.6. The van der Waals surface area contributed by atoms with E-state index in [-0.39, 0.29) is 18.5 Å². The number of nitrogens with zero attached hydrogens (tertiary/aromatic N) is 4. The molecule has 1 aliphatic rings. The maximum atomic E-state index is 11.9. The van der Waals surface area contributed by atoms with Crippen molar-refractivity contribution in [2.45, 2.75) is 31.8 Å². The molecule has 2 heterocycles. The number of benzene rings is 1. The predicted molar refractivity (Wildman–Crippen MR) is 77.4 cm³/mol. The molecule has 0 aliphatic carbocycles. The third-order valence-corrected chi connectivity index (χ3v) is 3.60. The second-order valence-electron chi connectivity index (χ2n) is 5.27. The molecule has 3 rings (SSSR count). The zero-order valence-electron chi connectivity index (χ0n) is 12.2. The Balaban J connectivity index is 1.48. The van der Waals surface area contributed by atoms with Gasteiger partial charge in [-0.05, 0) is 47.4 Å². The van der Waals surface area contributed by atoms with E-state index in [0.29, 0.717) is 6.61 Å². The Hall–Kier alpha value is -2.28. The van der Waals surface area contributed by atoms with Crippen LogP contribution in [0.4, 0.5) is 0 Å². The van der Waals surface area contributed by atoms with Gasteiger partial charge in [0.2, 0.25) is 0 Å². The number of rotatable bonds is 5. The fourth-order valence-electron chi connectivity index (χ4n) is 2.39. The number of aromatic nitrogens is 4. The lowest BCUT2D eigenvalue weighted by atomic mass is 10.1. The van der Waals surface area contributed by atoms with Crippen LogP contribution in [0.3, 0.4) is 0 Å². The largest absolute Gasteiger partial charge is 0.463 e. The summed E-state index contributed by atoms with van der Waals surface area (Å²) in [6.07, 6.45) is 5.03. The molecule has 1 fully saturated rings. The molecule has 0 bridgehead atoms. The Morgan fingerprint density at radius 3 is 2.86 bits per heavy atom. The lowest BCUT2D eigenvalue weighted by Crippen LogP contribution is -2.26. The van der Waals surface area contributed by atoms with Crippen molar-refractivity contribution in [1.82, 2.24) is 20.2 Å². The number of carbonyl (C=O) groups excluding carboxylic acids is 1. The summed E-state index contributed by atoms with van der Waals surface area (Å²) in [4.78, 5) is 11.9. The van der Waals surface area contributed by atoms with Gasteiger partial charge >= 0.3 is 5.97 Å². The molecular formula is C15H18N4O3. The molecule has 2 aromatic rings. The lowest BCUT2D eigenvalue weighted by Gasteiger charge is -2.22. The van der Waals surface area contributed by atoms with E-state index in [1.807, 2.05) is 24.3 Å². The van der Waals surface area contributed by atoms with E-state index in [2.05, 4.69) is 15.5 Å². The van der Waals surface area contributed by atoms with Crippen LogP contribution in [0.5, 0.6) is 0 Å². The SMILES string of the molecule is O=C(Cc1ccc(-n2cnnn2)cc1)OC[C@@H]1CCCCO1. The van der Waals surface area contributed by atoms with Crippen LogP contribution in [-0.4, -0.2) is 45.5 Å². The Labute approximate surface area is 128 Å². The Morgan fingerprint density at radius 2 is 2.18 bits per heavy atom. The van der Waals surface area contributed by atoms with E-state index in [9.17, 15) is 4.79 Å². The van der Waals surface area contributed by atoms with Crippen LogP contribution in [0.25, 0.3) is 5.69 Å². The summed E-state index contributed by atoms with van der Waals surface area (Å²) in [7, 11) is 0. The molecule has 0 spiro atoms. The first-order chi connectivity index (χ1) is 10.8. The molecule has 1 aromatic heterocycles. The van der Waals surface area contributed by atoms with Crippen molar-refractivity contribution >= 4 is 5.97 Å². The number of esters is 1. The highest BCUT2D eigenvalue weighted by atomic mass is 16.6. The molecule has 0 saturated carbocycles. The number of hydrogen-bond acceptors (Lipinski definition) is 6. The average Bonchev–Trinajstić information content (AvgIpc) is 3.09. The number of tetrazole rings is 1. The van der Waals surface area contributed by atoms with Gasteiger partial charge in [0, 0.05) is 6.61 Å². The summed E-state index contributed by atoms with van der Waals surface area (Å²) in [5.41, 5.74) is 1.74. The zero-order valence-corrected chi connectivity index (χ0v) is 12.2. The molecular weight excluding hydrogens is 284 g/mol. The van der Waals surface area contributed by atoms with Gasteiger partial charge in [-0.15, -0.1) is 5.10 Å². The molecule has 7 nitrogen and oxygen atoms in total. The molecule has 0 amide bonds. The van der Waals surface area contributed by atoms with E-state index >= 15 is 0 Å². The minimum Gasteiger partial charge on any atom is -0.463 e. The predicted octanol–water partition coefficient (Wildman–Crippen LogP) is 1.32. The molecule has 7 heteroatoms. The van der Waals surface area contributed by atoms with Gasteiger partial charge in [0.25, 0.3) is 0 Å². The Morgan fingerprint density at radius 1 is 1.32 bits per heavy atom. The Kier molecular flexibility index (Phi) is 4.75. The molecule has 0 unspecified atom stereocenters. The van der Waals surface area contributed by atoms with Gasteiger partial charge in [0.15, 0.2) is 0 Å². The van der Waals surface area contributed by atoms with Crippen LogP contribution < -0.4 is 0 Å². The van der Waals surface area contributed by atoms with Gasteiger partial charge in [-0.2, -0.15) is 0 Å². The number of hydrogen-bond donors (Lipinski definition) is 0. The van der Waals surface area contributed by atoms with E-state index in [4.69, 9.17) is 9.47 Å². The summed E-state index contributed by atoms with van der Waals surface area (Å²) in [5, 5.41) is 11.0. The van der Waals surface area contributed by atoms with Crippen molar-refractivity contribution in [1.29, 1.82) is 0 Å². The second kappa shape index (κ2) is 7.13. The number of ether oxygens (including phenoxy) is 2. The molecule has 1 saturated heterocycles. The van der Waals surface area contributed by atoms with Crippen LogP contribution in [0.2, 0.25) is 0 Å². The standard InChI is InChI=1S/C15H18N4O3/c20-15(22-10-14-3-1-2-8-21-14)9-12-4-6-13(7-5-12)19-11-16-17-18-19/h4-7,11,14H,1-3,8-10H2/t14-/m0/s1. The molecule has 1 aromatic carbocycles. The van der Waals surface area contributed by atoms with E-state index in [0.717, 1.165) is 37.1 Å². The summed E-state index contributed by atoms with van der Waals surface area (Å²) in [6.45, 7) is 1.11. The molecule has 1 aliphatic heterocycles. The van der Waals surface area contributed by atoms with Crippen molar-refractivity contribution in [3.63, 3.8) is 0 Å². The minimum atomic E-state index is -0.232. The molecule has 0 N–H and O–H groups in total. The first-order valence-corrected chi connectivity index (χ1v) is 7.41. The van der Waals surface area contributed by atoms with Gasteiger partial charge in [0.05, 0.1) is 18.2 Å². The van der Waals surface area contributed by atoms with Crippen molar-refractivity contribution < 1.29 is 14.3 Å². The summed E-state index contributed by atoms with van der Waals surface area (Å²) < 4.78 is 12.4. The molecule has 116 valence electrons. The van der Waals surface area contributed by atoms with Crippen molar-refractivity contribution in [3.8, 4) is 5.69 Å². The maximum absolute atomic E-state index is 11.9. The summed E-state index contributed by atoms with van der Waals surface area (Å²) >= 11 is 0. The quantitative estimate of drug-likeness (QED) is 0.775. The third-order valence-electron chi connectivity index (χ3n) is 3.60. The Bertz CT molecular complexity index is 592. The van der Waals surface area contributed by atoms with Crippen LogP contribution in [0, 0.1) is 0 Å². The van der Waals surface area contributed by atoms with Gasteiger partial charge in [-0.1, -0.05) is 12.1 Å². The highest BCUT2D eigenvalue weighted by molar-refractivity contribution is 5.72. The first-order valence-electron chi connectivity index (χ1n) is 7.41. The smallest absolute Gasteiger partial charge is 0.310 e. The fourth-order valence-corrected chi connectivity index (χ4v) is 2.39. The molecule has 22 heavy (non-hydrogen) atoms. The fraction of sp³-hybridized carbons (Fsp3) is 0.467. The highest BCUT2D eigenvalue weighted by Crippen LogP contribution is 2.13. The van der Waals surface area contributed by atoms with Crippen molar-refractivity contribution in [2.24, 2.45) is 0 Å². The number of carbonyl (C=O) groups is 1. The topological polar surface area (TPSA) is 79.1 Å². The highest BCUT2D eigenvalue weighted by Gasteiger charge is 2.16. The third kappa shape index (κ3) is 3.88. The normalized spacial score (nSPS) is 18.1. The van der Waals surface area contributed by atoms with E-state index in [1.54, 1.807) is 4.68 Å². The van der Waals surface area contributed by atoms with Gasteiger partial charge < -0.3 is 9.47 Å². The van der Waals surface area contributed by atoms with Crippen LogP contribution in [0.1, 0.15) is 24.8 Å². The van der Waals surface area contributed by atoms with E-state index in [1.165, 1.54) is 6.33 Å². The molecule has 1 atom stereocenters. The monoisotopic (exact) mass is 302 g/mol. The average molecular weight is 302 g/mol. The maximum Gasteiger partial charge on any atom is 0.310 e. The second-order valence-corrected chi connectivity index (χ2v) is 5.27. The minimum absolute atomic E-state index is 0.0555. The zero-order chi connectivity index (χ0) is 15.2.